The lowest BCUT2D eigenvalue weighted by atomic mass is 10.1. The van der Waals surface area contributed by atoms with Gasteiger partial charge in [-0.3, -0.25) is 0 Å². The number of imidazole rings is 1. The summed E-state index contributed by atoms with van der Waals surface area (Å²) in [6.45, 7) is 0. The van der Waals surface area contributed by atoms with Crippen molar-refractivity contribution in [3.05, 3.63) is 18.4 Å². The van der Waals surface area contributed by atoms with Gasteiger partial charge in [0.15, 0.2) is 0 Å². The number of hydrogen-bond donors (Lipinski definition) is 1. The molecule has 3 rings (SSSR count). The molecule has 2 aromatic rings. The zero-order valence-electron chi connectivity index (χ0n) is 9.71. The Labute approximate surface area is 98.8 Å². The van der Waals surface area contributed by atoms with E-state index in [-0.39, 0.29) is 12.0 Å². The summed E-state index contributed by atoms with van der Waals surface area (Å²) in [5.41, 5.74) is 6.88. The van der Waals surface area contributed by atoms with Crippen LogP contribution in [0.2, 0.25) is 0 Å². The molecule has 6 heteroatoms. The van der Waals surface area contributed by atoms with E-state index in [1.165, 1.54) is 0 Å². The second kappa shape index (κ2) is 3.96. The molecule has 2 N–H and O–H groups in total. The van der Waals surface area contributed by atoms with Crippen LogP contribution in [0.25, 0.3) is 11.5 Å². The van der Waals surface area contributed by atoms with Crippen LogP contribution in [-0.2, 0) is 7.05 Å². The number of nitrogens with two attached hydrogens (primary N) is 1. The summed E-state index contributed by atoms with van der Waals surface area (Å²) in [7, 11) is 1.90. The van der Waals surface area contributed by atoms with Gasteiger partial charge in [-0.15, -0.1) is 0 Å². The quantitative estimate of drug-likeness (QED) is 0.838. The van der Waals surface area contributed by atoms with Crippen LogP contribution in [0.1, 0.15) is 31.1 Å². The molecule has 0 amide bonds. The van der Waals surface area contributed by atoms with Gasteiger partial charge in [0.25, 0.3) is 0 Å². The van der Waals surface area contributed by atoms with Gasteiger partial charge in [-0.2, -0.15) is 4.98 Å². The van der Waals surface area contributed by atoms with Crippen LogP contribution in [0.4, 0.5) is 0 Å². The molecule has 0 radical (unpaired) electrons. The molecule has 2 atom stereocenters. The molecule has 2 aromatic heterocycles. The summed E-state index contributed by atoms with van der Waals surface area (Å²) in [4.78, 5) is 8.46. The van der Waals surface area contributed by atoms with Gasteiger partial charge in [-0.1, -0.05) is 11.6 Å². The second-order valence-corrected chi connectivity index (χ2v) is 4.55. The zero-order valence-corrected chi connectivity index (χ0v) is 9.71. The van der Waals surface area contributed by atoms with E-state index < -0.39 is 0 Å². The van der Waals surface area contributed by atoms with Crippen LogP contribution in [0.15, 0.2) is 17.0 Å². The second-order valence-electron chi connectivity index (χ2n) is 4.55. The van der Waals surface area contributed by atoms with Crippen LogP contribution < -0.4 is 5.73 Å². The Morgan fingerprint density at radius 1 is 1.47 bits per heavy atom. The molecule has 17 heavy (non-hydrogen) atoms. The summed E-state index contributed by atoms with van der Waals surface area (Å²) in [5.74, 6) is 1.45. The fourth-order valence-electron chi connectivity index (χ4n) is 2.36. The maximum atomic E-state index is 6.02. The van der Waals surface area contributed by atoms with E-state index in [0.717, 1.165) is 25.0 Å². The van der Waals surface area contributed by atoms with Gasteiger partial charge in [0.1, 0.15) is 5.69 Å². The lowest BCUT2D eigenvalue weighted by Gasteiger charge is -2.08. The third-order valence-corrected chi connectivity index (χ3v) is 3.37. The van der Waals surface area contributed by atoms with E-state index in [4.69, 9.17) is 10.3 Å². The van der Waals surface area contributed by atoms with E-state index in [1.807, 2.05) is 11.6 Å². The highest BCUT2D eigenvalue weighted by molar-refractivity contribution is 5.47. The van der Waals surface area contributed by atoms with Crippen LogP contribution in [0.3, 0.4) is 0 Å². The smallest absolute Gasteiger partial charge is 0.231 e. The van der Waals surface area contributed by atoms with Gasteiger partial charge < -0.3 is 14.8 Å². The maximum Gasteiger partial charge on any atom is 0.231 e. The summed E-state index contributed by atoms with van der Waals surface area (Å²) >= 11 is 0. The lowest BCUT2D eigenvalue weighted by molar-refractivity contribution is 0.345. The fourth-order valence-corrected chi connectivity index (χ4v) is 2.36. The molecule has 6 nitrogen and oxygen atoms in total. The van der Waals surface area contributed by atoms with Crippen molar-refractivity contribution in [1.29, 1.82) is 0 Å². The Morgan fingerprint density at radius 2 is 2.35 bits per heavy atom. The molecule has 90 valence electrons. The van der Waals surface area contributed by atoms with Crippen molar-refractivity contribution in [1.82, 2.24) is 19.7 Å². The van der Waals surface area contributed by atoms with Gasteiger partial charge in [0.05, 0.1) is 18.4 Å². The molecule has 1 saturated carbocycles. The van der Waals surface area contributed by atoms with E-state index in [2.05, 4.69) is 15.1 Å². The molecule has 1 aliphatic carbocycles. The Morgan fingerprint density at radius 3 is 3.00 bits per heavy atom. The van der Waals surface area contributed by atoms with E-state index >= 15 is 0 Å². The minimum absolute atomic E-state index is 0.148. The van der Waals surface area contributed by atoms with Gasteiger partial charge in [-0.05, 0) is 12.8 Å². The number of hydrogen-bond acceptors (Lipinski definition) is 5. The Hall–Kier alpha value is -1.69. The van der Waals surface area contributed by atoms with Crippen molar-refractivity contribution >= 4 is 0 Å². The van der Waals surface area contributed by atoms with Gasteiger partial charge in [0, 0.05) is 13.1 Å². The third-order valence-electron chi connectivity index (χ3n) is 3.37. The number of aromatic nitrogens is 4. The van der Waals surface area contributed by atoms with Gasteiger partial charge in [-0.25, -0.2) is 4.98 Å². The molecule has 0 spiro atoms. The average molecular weight is 233 g/mol. The molecule has 1 fully saturated rings. The summed E-state index contributed by atoms with van der Waals surface area (Å²) < 4.78 is 7.18. The van der Waals surface area contributed by atoms with Crippen LogP contribution in [0.5, 0.6) is 0 Å². The Kier molecular flexibility index (Phi) is 2.44. The van der Waals surface area contributed by atoms with Crippen molar-refractivity contribution in [2.75, 3.05) is 0 Å². The predicted molar refractivity (Wildman–Crippen MR) is 61.1 cm³/mol. The van der Waals surface area contributed by atoms with E-state index in [9.17, 15) is 0 Å². The first-order chi connectivity index (χ1) is 8.25. The largest absolute Gasteiger partial charge is 0.339 e. The summed E-state index contributed by atoms with van der Waals surface area (Å²) in [6.07, 6.45) is 6.65. The molecule has 0 aliphatic heterocycles. The standard InChI is InChI=1S/C11H15N5O/c1-16-6-13-5-9(16)10-14-11(17-15-10)7-3-2-4-8(7)12/h5-8H,2-4,12H2,1H3. The number of aryl methyl sites for hydroxylation is 1. The minimum Gasteiger partial charge on any atom is -0.339 e. The SMILES string of the molecule is Cn1cncc1-c1noc(C2CCCC2N)n1. The summed E-state index contributed by atoms with van der Waals surface area (Å²) in [6, 6.07) is 0.148. The van der Waals surface area contributed by atoms with Crippen molar-refractivity contribution in [3.63, 3.8) is 0 Å². The van der Waals surface area contributed by atoms with Crippen molar-refractivity contribution in [2.24, 2.45) is 12.8 Å². The fraction of sp³-hybridized carbons (Fsp3) is 0.545. The Balaban J connectivity index is 1.90. The average Bonchev–Trinajstić information content (AvgIpc) is 2.97. The van der Waals surface area contributed by atoms with Crippen LogP contribution in [-0.4, -0.2) is 25.7 Å². The molecule has 1 aliphatic rings. The summed E-state index contributed by atoms with van der Waals surface area (Å²) in [5, 5.41) is 4.00. The first-order valence-corrected chi connectivity index (χ1v) is 5.81. The van der Waals surface area contributed by atoms with Crippen LogP contribution >= 0.6 is 0 Å². The van der Waals surface area contributed by atoms with E-state index in [1.54, 1.807) is 12.5 Å². The number of nitrogens with zero attached hydrogens (tertiary/aromatic N) is 4. The molecule has 0 saturated heterocycles. The third kappa shape index (κ3) is 1.74. The highest BCUT2D eigenvalue weighted by atomic mass is 16.5. The van der Waals surface area contributed by atoms with Crippen molar-refractivity contribution in [2.45, 2.75) is 31.2 Å². The normalized spacial score (nSPS) is 24.4. The lowest BCUT2D eigenvalue weighted by Crippen LogP contribution is -2.22. The highest BCUT2D eigenvalue weighted by Gasteiger charge is 2.30. The first kappa shape index (κ1) is 10.5. The molecule has 2 unspecified atom stereocenters. The minimum atomic E-state index is 0.148. The molecular formula is C11H15N5O. The topological polar surface area (TPSA) is 82.8 Å². The molecule has 0 bridgehead atoms. The molecular weight excluding hydrogens is 218 g/mol. The van der Waals surface area contributed by atoms with E-state index in [0.29, 0.717) is 11.7 Å². The van der Waals surface area contributed by atoms with Gasteiger partial charge >= 0.3 is 0 Å². The molecule has 0 aromatic carbocycles. The zero-order chi connectivity index (χ0) is 11.8. The van der Waals surface area contributed by atoms with Crippen molar-refractivity contribution < 1.29 is 4.52 Å². The monoisotopic (exact) mass is 233 g/mol. The van der Waals surface area contributed by atoms with Crippen molar-refractivity contribution in [3.8, 4) is 11.5 Å². The first-order valence-electron chi connectivity index (χ1n) is 5.81. The maximum absolute atomic E-state index is 6.02. The van der Waals surface area contributed by atoms with Crippen LogP contribution in [0, 0.1) is 0 Å². The highest BCUT2D eigenvalue weighted by Crippen LogP contribution is 2.33. The van der Waals surface area contributed by atoms with Gasteiger partial charge in [0.2, 0.25) is 11.7 Å². The Bertz CT molecular complexity index is 517. The number of rotatable bonds is 2. The predicted octanol–water partition coefficient (Wildman–Crippen LogP) is 1.06. The molecule has 2 heterocycles.